The summed E-state index contributed by atoms with van der Waals surface area (Å²) >= 11 is 6.54. The van der Waals surface area contributed by atoms with E-state index < -0.39 is 0 Å². The lowest BCUT2D eigenvalue weighted by atomic mass is 10.1. The molecule has 0 aliphatic heterocycles. The number of rotatable bonds is 3. The average molecular weight is 340 g/mol. The van der Waals surface area contributed by atoms with E-state index in [-0.39, 0.29) is 18.2 Å². The van der Waals surface area contributed by atoms with Crippen LogP contribution >= 0.6 is 31.9 Å². The summed E-state index contributed by atoms with van der Waals surface area (Å²) in [4.78, 5) is 11.1. The van der Waals surface area contributed by atoms with Gasteiger partial charge in [-0.1, -0.05) is 31.9 Å². The minimum atomic E-state index is -0.380. The number of halogens is 3. The Balaban J connectivity index is 3.09. The van der Waals surface area contributed by atoms with Crippen molar-refractivity contribution >= 4 is 37.8 Å². The van der Waals surface area contributed by atoms with Crippen LogP contribution in [0, 0.1) is 5.82 Å². The van der Waals surface area contributed by atoms with Crippen LogP contribution in [0.3, 0.4) is 0 Å². The second-order valence-corrected chi connectivity index (χ2v) is 4.33. The van der Waals surface area contributed by atoms with Gasteiger partial charge in [-0.2, -0.15) is 0 Å². The number of carbonyl (C=O) groups is 1. The quantitative estimate of drug-likeness (QED) is 0.624. The molecule has 0 spiro atoms. The normalized spacial score (nSPS) is 10.1. The second kappa shape index (κ2) is 5.61. The maximum Gasteiger partial charge on any atom is 0.309 e. The summed E-state index contributed by atoms with van der Waals surface area (Å²) < 4.78 is 18.3. The van der Waals surface area contributed by atoms with Gasteiger partial charge in [0.1, 0.15) is 5.82 Å². The summed E-state index contributed by atoms with van der Waals surface area (Å²) in [5.74, 6) is -0.750. The molecule has 0 amide bonds. The van der Waals surface area contributed by atoms with Crippen LogP contribution in [0.15, 0.2) is 16.6 Å². The van der Waals surface area contributed by atoms with Crippen molar-refractivity contribution in [2.75, 3.05) is 7.11 Å². The summed E-state index contributed by atoms with van der Waals surface area (Å²) in [5, 5.41) is 0.556. The van der Waals surface area contributed by atoms with Crippen LogP contribution < -0.4 is 0 Å². The zero-order valence-electron chi connectivity index (χ0n) is 8.02. The molecule has 0 aromatic heterocycles. The highest BCUT2D eigenvalue weighted by Gasteiger charge is 2.12. The molecular formula is C10H9Br2FO2. The number of benzene rings is 1. The summed E-state index contributed by atoms with van der Waals surface area (Å²) in [6.45, 7) is 0. The molecule has 0 fully saturated rings. The number of carbonyl (C=O) groups excluding carboxylic acids is 1. The Bertz CT molecular complexity index is 380. The number of methoxy groups -OCH3 is 1. The molecule has 0 heterocycles. The van der Waals surface area contributed by atoms with Gasteiger partial charge >= 0.3 is 5.97 Å². The first kappa shape index (κ1) is 12.6. The summed E-state index contributed by atoms with van der Waals surface area (Å²) in [7, 11) is 1.31. The predicted molar refractivity (Wildman–Crippen MR) is 62.5 cm³/mol. The van der Waals surface area contributed by atoms with Crippen LogP contribution in [0.25, 0.3) is 0 Å². The van der Waals surface area contributed by atoms with Crippen LogP contribution in [-0.2, 0) is 21.3 Å². The SMILES string of the molecule is COC(=O)Cc1cc(F)cc(Br)c1CBr. The third kappa shape index (κ3) is 3.28. The lowest BCUT2D eigenvalue weighted by molar-refractivity contribution is -0.139. The van der Waals surface area contributed by atoms with E-state index in [1.807, 2.05) is 0 Å². The van der Waals surface area contributed by atoms with Crippen molar-refractivity contribution in [2.45, 2.75) is 11.8 Å². The van der Waals surface area contributed by atoms with E-state index in [1.165, 1.54) is 19.2 Å². The van der Waals surface area contributed by atoms with Crippen LogP contribution in [-0.4, -0.2) is 13.1 Å². The topological polar surface area (TPSA) is 26.3 Å². The minimum Gasteiger partial charge on any atom is -0.469 e. The molecule has 0 aliphatic carbocycles. The van der Waals surface area contributed by atoms with Crippen molar-refractivity contribution in [3.05, 3.63) is 33.5 Å². The molecule has 1 rings (SSSR count). The third-order valence-corrected chi connectivity index (χ3v) is 3.22. The zero-order chi connectivity index (χ0) is 11.4. The molecule has 0 aliphatic rings. The van der Waals surface area contributed by atoms with Crippen LogP contribution in [0.4, 0.5) is 4.39 Å². The predicted octanol–water partition coefficient (Wildman–Crippen LogP) is 3.20. The van der Waals surface area contributed by atoms with Crippen molar-refractivity contribution in [3.8, 4) is 0 Å². The largest absolute Gasteiger partial charge is 0.469 e. The van der Waals surface area contributed by atoms with Gasteiger partial charge in [-0.15, -0.1) is 0 Å². The Morgan fingerprint density at radius 1 is 1.53 bits per heavy atom. The van der Waals surface area contributed by atoms with Crippen molar-refractivity contribution in [2.24, 2.45) is 0 Å². The molecule has 0 saturated heterocycles. The molecule has 5 heteroatoms. The average Bonchev–Trinajstić information content (AvgIpc) is 2.17. The van der Waals surface area contributed by atoms with Crippen molar-refractivity contribution in [3.63, 3.8) is 0 Å². The van der Waals surface area contributed by atoms with Gasteiger partial charge in [0.25, 0.3) is 0 Å². The monoisotopic (exact) mass is 338 g/mol. The van der Waals surface area contributed by atoms with E-state index in [1.54, 1.807) is 0 Å². The minimum absolute atomic E-state index is 0.0772. The fourth-order valence-corrected chi connectivity index (χ4v) is 2.84. The Morgan fingerprint density at radius 3 is 2.73 bits per heavy atom. The molecule has 0 saturated carbocycles. The number of esters is 1. The van der Waals surface area contributed by atoms with Crippen LogP contribution in [0.5, 0.6) is 0 Å². The van der Waals surface area contributed by atoms with Crippen molar-refractivity contribution in [1.29, 1.82) is 0 Å². The van der Waals surface area contributed by atoms with Crippen LogP contribution in [0.1, 0.15) is 11.1 Å². The first-order valence-corrected chi connectivity index (χ1v) is 6.09. The highest BCUT2D eigenvalue weighted by atomic mass is 79.9. The van der Waals surface area contributed by atoms with Gasteiger partial charge in [0.15, 0.2) is 0 Å². The summed E-state index contributed by atoms with van der Waals surface area (Å²) in [6.07, 6.45) is 0.0772. The van der Waals surface area contributed by atoms with E-state index >= 15 is 0 Å². The molecule has 0 radical (unpaired) electrons. The number of ether oxygens (including phenoxy) is 1. The smallest absolute Gasteiger partial charge is 0.309 e. The van der Waals surface area contributed by atoms with E-state index in [9.17, 15) is 9.18 Å². The molecule has 82 valence electrons. The summed E-state index contributed by atoms with van der Waals surface area (Å²) in [5.41, 5.74) is 1.49. The Kier molecular flexibility index (Phi) is 4.73. The Hall–Kier alpha value is -0.420. The van der Waals surface area contributed by atoms with Gasteiger partial charge in [0.05, 0.1) is 13.5 Å². The van der Waals surface area contributed by atoms with Gasteiger partial charge in [-0.25, -0.2) is 4.39 Å². The standard InChI is InChI=1S/C10H9Br2FO2/c1-15-10(14)3-6-2-7(13)4-9(12)8(6)5-11/h2,4H,3,5H2,1H3. The first-order valence-electron chi connectivity index (χ1n) is 4.18. The lowest BCUT2D eigenvalue weighted by Crippen LogP contribution is -2.07. The maximum absolute atomic E-state index is 13.1. The molecule has 0 unspecified atom stereocenters. The fraction of sp³-hybridized carbons (Fsp3) is 0.300. The second-order valence-electron chi connectivity index (χ2n) is 2.91. The van der Waals surface area contributed by atoms with E-state index in [4.69, 9.17) is 0 Å². The Morgan fingerprint density at radius 2 is 2.20 bits per heavy atom. The molecule has 1 aromatic rings. The van der Waals surface area contributed by atoms with Crippen molar-refractivity contribution in [1.82, 2.24) is 0 Å². The zero-order valence-corrected chi connectivity index (χ0v) is 11.2. The van der Waals surface area contributed by atoms with E-state index in [2.05, 4.69) is 36.6 Å². The summed E-state index contributed by atoms with van der Waals surface area (Å²) in [6, 6.07) is 2.72. The van der Waals surface area contributed by atoms with Crippen molar-refractivity contribution < 1.29 is 13.9 Å². The number of hydrogen-bond donors (Lipinski definition) is 0. The molecule has 0 N–H and O–H groups in total. The van der Waals surface area contributed by atoms with Gasteiger partial charge in [-0.3, -0.25) is 4.79 Å². The van der Waals surface area contributed by atoms with E-state index in [0.29, 0.717) is 15.4 Å². The highest BCUT2D eigenvalue weighted by molar-refractivity contribution is 9.10. The lowest BCUT2D eigenvalue weighted by Gasteiger charge is -2.08. The number of hydrogen-bond acceptors (Lipinski definition) is 2. The first-order chi connectivity index (χ1) is 7.08. The van der Waals surface area contributed by atoms with Gasteiger partial charge in [0.2, 0.25) is 0 Å². The van der Waals surface area contributed by atoms with E-state index in [0.717, 1.165) is 5.56 Å². The molecule has 0 atom stereocenters. The van der Waals surface area contributed by atoms with Gasteiger partial charge < -0.3 is 4.74 Å². The molecular weight excluding hydrogens is 331 g/mol. The Labute approximate surface area is 104 Å². The van der Waals surface area contributed by atoms with Gasteiger partial charge in [-0.05, 0) is 23.3 Å². The fourth-order valence-electron chi connectivity index (χ4n) is 1.19. The molecule has 1 aromatic carbocycles. The molecule has 2 nitrogen and oxygen atoms in total. The molecule has 0 bridgehead atoms. The maximum atomic E-state index is 13.1. The van der Waals surface area contributed by atoms with Gasteiger partial charge in [0, 0.05) is 9.80 Å². The third-order valence-electron chi connectivity index (χ3n) is 1.95. The van der Waals surface area contributed by atoms with Crippen LogP contribution in [0.2, 0.25) is 0 Å². The molecule has 15 heavy (non-hydrogen) atoms. The number of alkyl halides is 1. The highest BCUT2D eigenvalue weighted by Crippen LogP contribution is 2.25.